The van der Waals surface area contributed by atoms with Crippen molar-refractivity contribution in [1.29, 1.82) is 0 Å². The van der Waals surface area contributed by atoms with E-state index in [-0.39, 0.29) is 5.91 Å². The van der Waals surface area contributed by atoms with Gasteiger partial charge in [-0.3, -0.25) is 14.2 Å². The molecule has 1 saturated heterocycles. The highest BCUT2D eigenvalue weighted by Crippen LogP contribution is 2.21. The Bertz CT molecular complexity index is 687. The van der Waals surface area contributed by atoms with Gasteiger partial charge in [0.1, 0.15) is 0 Å². The van der Waals surface area contributed by atoms with E-state index in [9.17, 15) is 4.79 Å². The van der Waals surface area contributed by atoms with Gasteiger partial charge in [-0.15, -0.1) is 0 Å². The molecule has 2 aromatic heterocycles. The summed E-state index contributed by atoms with van der Waals surface area (Å²) in [5, 5.41) is 8.83. The van der Waals surface area contributed by atoms with Crippen LogP contribution in [0.25, 0.3) is 0 Å². The molecule has 0 saturated carbocycles. The third-order valence-electron chi connectivity index (χ3n) is 4.49. The Balaban J connectivity index is 1.57. The average molecular weight is 315 g/mol. The maximum Gasteiger partial charge on any atom is 0.224 e. The van der Waals surface area contributed by atoms with Gasteiger partial charge < -0.3 is 4.90 Å². The molecule has 1 aliphatic heterocycles. The van der Waals surface area contributed by atoms with Crippen LogP contribution in [0.2, 0.25) is 0 Å². The second-order valence-electron chi connectivity index (χ2n) is 6.53. The van der Waals surface area contributed by atoms with Gasteiger partial charge in [-0.2, -0.15) is 10.2 Å². The molecule has 1 atom stereocenters. The molecule has 0 bridgehead atoms. The summed E-state index contributed by atoms with van der Waals surface area (Å²) in [6, 6.07) is 2.34. The standard InChI is InChI=1S/C17H25N5O/c1-13-10-18-22(11-13)16-5-4-7-20(12-16)17(23)6-8-21-15(3)9-14(2)19-21/h9-11,16H,4-8,12H2,1-3H3/t16-/m0/s1. The van der Waals surface area contributed by atoms with E-state index in [1.165, 1.54) is 0 Å². The first kappa shape index (κ1) is 15.8. The molecule has 23 heavy (non-hydrogen) atoms. The molecule has 3 rings (SSSR count). The molecule has 124 valence electrons. The smallest absolute Gasteiger partial charge is 0.224 e. The van der Waals surface area contributed by atoms with E-state index in [1.807, 2.05) is 47.3 Å². The summed E-state index contributed by atoms with van der Waals surface area (Å²) in [7, 11) is 0. The number of hydrogen-bond donors (Lipinski definition) is 0. The van der Waals surface area contributed by atoms with E-state index in [2.05, 4.69) is 16.4 Å². The maximum absolute atomic E-state index is 12.5. The van der Waals surface area contributed by atoms with Crippen LogP contribution in [0.4, 0.5) is 0 Å². The summed E-state index contributed by atoms with van der Waals surface area (Å²) in [6.45, 7) is 8.32. The first-order valence-electron chi connectivity index (χ1n) is 8.32. The minimum absolute atomic E-state index is 0.214. The van der Waals surface area contributed by atoms with Gasteiger partial charge in [0.2, 0.25) is 5.91 Å². The Labute approximate surface area is 137 Å². The van der Waals surface area contributed by atoms with Crippen LogP contribution in [0.3, 0.4) is 0 Å². The fraction of sp³-hybridized carbons (Fsp3) is 0.588. The van der Waals surface area contributed by atoms with Crippen molar-refractivity contribution < 1.29 is 4.79 Å². The Kier molecular flexibility index (Phi) is 4.50. The number of carbonyl (C=O) groups excluding carboxylic acids is 1. The number of amides is 1. The summed E-state index contributed by atoms with van der Waals surface area (Å²) in [6.07, 6.45) is 6.57. The van der Waals surface area contributed by atoms with E-state index in [1.54, 1.807) is 0 Å². The van der Waals surface area contributed by atoms with Crippen molar-refractivity contribution >= 4 is 5.91 Å². The van der Waals surface area contributed by atoms with Gasteiger partial charge in [0.05, 0.1) is 17.9 Å². The molecule has 3 heterocycles. The van der Waals surface area contributed by atoms with E-state index < -0.39 is 0 Å². The summed E-state index contributed by atoms with van der Waals surface area (Å²) < 4.78 is 3.93. The van der Waals surface area contributed by atoms with Crippen molar-refractivity contribution in [3.05, 3.63) is 35.4 Å². The lowest BCUT2D eigenvalue weighted by molar-refractivity contribution is -0.133. The minimum Gasteiger partial charge on any atom is -0.340 e. The zero-order valence-corrected chi connectivity index (χ0v) is 14.2. The summed E-state index contributed by atoms with van der Waals surface area (Å²) in [4.78, 5) is 14.5. The lowest BCUT2D eigenvalue weighted by atomic mass is 10.1. The normalized spacial score (nSPS) is 18.4. The van der Waals surface area contributed by atoms with Crippen molar-refractivity contribution in [2.45, 2.75) is 52.6 Å². The van der Waals surface area contributed by atoms with E-state index in [0.717, 1.165) is 42.9 Å². The van der Waals surface area contributed by atoms with Crippen molar-refractivity contribution in [1.82, 2.24) is 24.5 Å². The van der Waals surface area contributed by atoms with Crippen LogP contribution in [0.1, 0.15) is 42.3 Å². The lowest BCUT2D eigenvalue weighted by Gasteiger charge is -2.33. The van der Waals surface area contributed by atoms with Crippen LogP contribution >= 0.6 is 0 Å². The van der Waals surface area contributed by atoms with Crippen molar-refractivity contribution in [3.63, 3.8) is 0 Å². The number of likely N-dealkylation sites (tertiary alicyclic amines) is 1. The third-order valence-corrected chi connectivity index (χ3v) is 4.49. The molecule has 0 unspecified atom stereocenters. The van der Waals surface area contributed by atoms with Gasteiger partial charge in [0, 0.05) is 37.9 Å². The molecule has 1 fully saturated rings. The van der Waals surface area contributed by atoms with Crippen LogP contribution in [0.5, 0.6) is 0 Å². The molecular weight excluding hydrogens is 290 g/mol. The zero-order valence-electron chi connectivity index (χ0n) is 14.2. The summed E-state index contributed by atoms with van der Waals surface area (Å²) in [5.41, 5.74) is 3.28. The zero-order chi connectivity index (χ0) is 16.4. The fourth-order valence-electron chi connectivity index (χ4n) is 3.29. The van der Waals surface area contributed by atoms with E-state index >= 15 is 0 Å². The minimum atomic E-state index is 0.214. The molecule has 1 aliphatic rings. The largest absolute Gasteiger partial charge is 0.340 e. The Morgan fingerprint density at radius 1 is 1.35 bits per heavy atom. The second kappa shape index (κ2) is 6.56. The molecular formula is C17H25N5O. The first-order valence-corrected chi connectivity index (χ1v) is 8.32. The number of piperidine rings is 1. The Morgan fingerprint density at radius 3 is 2.83 bits per heavy atom. The highest BCUT2D eigenvalue weighted by Gasteiger charge is 2.25. The highest BCUT2D eigenvalue weighted by atomic mass is 16.2. The number of rotatable bonds is 4. The predicted octanol–water partition coefficient (Wildman–Crippen LogP) is 2.26. The predicted molar refractivity (Wildman–Crippen MR) is 88.1 cm³/mol. The van der Waals surface area contributed by atoms with Crippen LogP contribution in [0.15, 0.2) is 18.5 Å². The topological polar surface area (TPSA) is 56.0 Å². The number of carbonyl (C=O) groups is 1. The summed E-state index contributed by atoms with van der Waals surface area (Å²) in [5.74, 6) is 0.214. The molecule has 0 aliphatic carbocycles. The Hall–Kier alpha value is -2.11. The lowest BCUT2D eigenvalue weighted by Crippen LogP contribution is -2.41. The van der Waals surface area contributed by atoms with Crippen LogP contribution in [-0.4, -0.2) is 43.5 Å². The van der Waals surface area contributed by atoms with Crippen LogP contribution < -0.4 is 0 Å². The van der Waals surface area contributed by atoms with Crippen molar-refractivity contribution in [3.8, 4) is 0 Å². The number of nitrogens with zero attached hydrogens (tertiary/aromatic N) is 5. The molecule has 0 N–H and O–H groups in total. The van der Waals surface area contributed by atoms with Crippen LogP contribution in [-0.2, 0) is 11.3 Å². The number of hydrogen-bond acceptors (Lipinski definition) is 3. The van der Waals surface area contributed by atoms with Crippen molar-refractivity contribution in [2.24, 2.45) is 0 Å². The molecule has 1 amide bonds. The van der Waals surface area contributed by atoms with Gasteiger partial charge in [0.15, 0.2) is 0 Å². The molecule has 2 aromatic rings. The average Bonchev–Trinajstić information content (AvgIpc) is 3.10. The van der Waals surface area contributed by atoms with Crippen LogP contribution in [0, 0.1) is 20.8 Å². The molecule has 6 nitrogen and oxygen atoms in total. The van der Waals surface area contributed by atoms with Gasteiger partial charge in [-0.05, 0) is 45.2 Å². The number of aromatic nitrogens is 4. The van der Waals surface area contributed by atoms with E-state index in [4.69, 9.17) is 0 Å². The molecule has 6 heteroatoms. The SMILES string of the molecule is Cc1cnn([C@H]2CCCN(C(=O)CCn3nc(C)cc3C)C2)c1. The van der Waals surface area contributed by atoms with Gasteiger partial charge in [0.25, 0.3) is 0 Å². The Morgan fingerprint density at radius 2 is 2.17 bits per heavy atom. The number of aryl methyl sites for hydroxylation is 4. The third kappa shape index (κ3) is 3.63. The van der Waals surface area contributed by atoms with Gasteiger partial charge in [-0.25, -0.2) is 0 Å². The molecule has 0 spiro atoms. The van der Waals surface area contributed by atoms with Gasteiger partial charge >= 0.3 is 0 Å². The first-order chi connectivity index (χ1) is 11.0. The van der Waals surface area contributed by atoms with Gasteiger partial charge in [-0.1, -0.05) is 0 Å². The van der Waals surface area contributed by atoms with Crippen molar-refractivity contribution in [2.75, 3.05) is 13.1 Å². The quantitative estimate of drug-likeness (QED) is 0.869. The summed E-state index contributed by atoms with van der Waals surface area (Å²) >= 11 is 0. The fourth-order valence-corrected chi connectivity index (χ4v) is 3.29. The monoisotopic (exact) mass is 315 g/mol. The van der Waals surface area contributed by atoms with E-state index in [0.29, 0.717) is 19.0 Å². The molecule has 0 radical (unpaired) electrons. The second-order valence-corrected chi connectivity index (χ2v) is 6.53. The highest BCUT2D eigenvalue weighted by molar-refractivity contribution is 5.76. The maximum atomic E-state index is 12.5. The molecule has 0 aromatic carbocycles.